The minimum absolute atomic E-state index is 0.136. The molecule has 2 N–H and O–H groups in total. The van der Waals surface area contributed by atoms with Crippen LogP contribution in [0.5, 0.6) is 0 Å². The van der Waals surface area contributed by atoms with Gasteiger partial charge in [-0.1, -0.05) is 0 Å². The van der Waals surface area contributed by atoms with Gasteiger partial charge in [0, 0.05) is 22.9 Å². The summed E-state index contributed by atoms with van der Waals surface area (Å²) in [5.74, 6) is 0. The highest BCUT2D eigenvalue weighted by Crippen LogP contribution is 2.21. The molecule has 1 aromatic heterocycles. The minimum atomic E-state index is -3.56. The van der Waals surface area contributed by atoms with Crippen molar-refractivity contribution in [2.24, 2.45) is 0 Å². The zero-order valence-electron chi connectivity index (χ0n) is 9.71. The average Bonchev–Trinajstić information content (AvgIpc) is 2.28. The molecule has 0 aromatic carbocycles. The van der Waals surface area contributed by atoms with Crippen molar-refractivity contribution in [2.45, 2.75) is 42.7 Å². The molecular formula is C11H15BrN2O3S. The van der Waals surface area contributed by atoms with Gasteiger partial charge in [-0.25, -0.2) is 13.1 Å². The zero-order chi connectivity index (χ0) is 13.2. The highest BCUT2D eigenvalue weighted by molar-refractivity contribution is 9.10. The Balaban J connectivity index is 2.12. The Hall–Kier alpha value is -0.500. The van der Waals surface area contributed by atoms with Crippen LogP contribution in [0.15, 0.2) is 27.8 Å². The van der Waals surface area contributed by atoms with Crippen molar-refractivity contribution in [1.82, 2.24) is 9.71 Å². The molecule has 1 aromatic rings. The van der Waals surface area contributed by atoms with E-state index in [0.29, 0.717) is 10.9 Å². The molecule has 0 saturated heterocycles. The van der Waals surface area contributed by atoms with Gasteiger partial charge in [0.2, 0.25) is 10.0 Å². The Morgan fingerprint density at radius 2 is 2.17 bits per heavy atom. The van der Waals surface area contributed by atoms with Crippen molar-refractivity contribution < 1.29 is 13.5 Å². The lowest BCUT2D eigenvalue weighted by Crippen LogP contribution is -2.39. The highest BCUT2D eigenvalue weighted by atomic mass is 79.9. The van der Waals surface area contributed by atoms with Gasteiger partial charge in [-0.15, -0.1) is 0 Å². The van der Waals surface area contributed by atoms with Crippen LogP contribution < -0.4 is 4.72 Å². The number of rotatable bonds is 3. The van der Waals surface area contributed by atoms with Crippen molar-refractivity contribution in [3.05, 3.63) is 22.9 Å². The largest absolute Gasteiger partial charge is 0.393 e. The van der Waals surface area contributed by atoms with Gasteiger partial charge in [-0.05, 0) is 47.7 Å². The van der Waals surface area contributed by atoms with Gasteiger partial charge >= 0.3 is 0 Å². The highest BCUT2D eigenvalue weighted by Gasteiger charge is 2.25. The van der Waals surface area contributed by atoms with Crippen LogP contribution >= 0.6 is 15.9 Å². The fourth-order valence-electron chi connectivity index (χ4n) is 2.10. The maximum Gasteiger partial charge on any atom is 0.242 e. The van der Waals surface area contributed by atoms with E-state index in [-0.39, 0.29) is 10.9 Å². The number of aromatic nitrogens is 1. The Labute approximate surface area is 115 Å². The van der Waals surface area contributed by atoms with Crippen molar-refractivity contribution in [3.63, 3.8) is 0 Å². The molecule has 0 radical (unpaired) electrons. The zero-order valence-corrected chi connectivity index (χ0v) is 12.1. The van der Waals surface area contributed by atoms with Gasteiger partial charge in [-0.2, -0.15) is 0 Å². The first kappa shape index (κ1) is 13.9. The summed E-state index contributed by atoms with van der Waals surface area (Å²) in [5, 5.41) is 9.54. The number of halogens is 1. The molecule has 0 unspecified atom stereocenters. The van der Waals surface area contributed by atoms with Crippen molar-refractivity contribution >= 4 is 26.0 Å². The summed E-state index contributed by atoms with van der Waals surface area (Å²) in [6.45, 7) is 0. The molecule has 0 bridgehead atoms. The number of hydrogen-bond acceptors (Lipinski definition) is 4. The summed E-state index contributed by atoms with van der Waals surface area (Å²) in [5.41, 5.74) is 0. The van der Waals surface area contributed by atoms with Crippen molar-refractivity contribution in [2.75, 3.05) is 0 Å². The summed E-state index contributed by atoms with van der Waals surface area (Å²) in [6.07, 6.45) is 5.25. The predicted octanol–water partition coefficient (Wildman–Crippen LogP) is 1.43. The van der Waals surface area contributed by atoms with Crippen LogP contribution in [0, 0.1) is 0 Å². The van der Waals surface area contributed by atoms with E-state index >= 15 is 0 Å². The fourth-order valence-corrected chi connectivity index (χ4v) is 3.88. The number of nitrogens with zero attached hydrogens (tertiary/aromatic N) is 1. The van der Waals surface area contributed by atoms with Crippen LogP contribution in [-0.2, 0) is 10.0 Å². The molecule has 2 rings (SSSR count). The maximum absolute atomic E-state index is 12.1. The number of aliphatic hydroxyl groups excluding tert-OH is 1. The van der Waals surface area contributed by atoms with Crippen LogP contribution in [-0.4, -0.2) is 30.7 Å². The Kier molecular flexibility index (Phi) is 4.37. The fraction of sp³-hybridized carbons (Fsp3) is 0.545. The van der Waals surface area contributed by atoms with Crippen LogP contribution in [0.1, 0.15) is 25.7 Å². The predicted molar refractivity (Wildman–Crippen MR) is 70.5 cm³/mol. The van der Waals surface area contributed by atoms with Crippen molar-refractivity contribution in [1.29, 1.82) is 0 Å². The molecule has 0 aliphatic heterocycles. The summed E-state index contributed by atoms with van der Waals surface area (Å²) in [6, 6.07) is 1.31. The van der Waals surface area contributed by atoms with Crippen molar-refractivity contribution in [3.8, 4) is 0 Å². The molecule has 2 atom stereocenters. The van der Waals surface area contributed by atoms with E-state index in [0.717, 1.165) is 19.3 Å². The molecule has 1 aliphatic rings. The second-order valence-electron chi connectivity index (χ2n) is 4.48. The summed E-state index contributed by atoms with van der Waals surface area (Å²) in [4.78, 5) is 3.98. The lowest BCUT2D eigenvalue weighted by Gasteiger charge is -2.26. The molecular weight excluding hydrogens is 320 g/mol. The third kappa shape index (κ3) is 3.50. The van der Waals surface area contributed by atoms with Gasteiger partial charge in [0.25, 0.3) is 0 Å². The lowest BCUT2D eigenvalue weighted by molar-refractivity contribution is 0.117. The van der Waals surface area contributed by atoms with Gasteiger partial charge in [0.1, 0.15) is 4.90 Å². The third-order valence-corrected chi connectivity index (χ3v) is 4.88. The molecule has 7 heteroatoms. The Morgan fingerprint density at radius 3 is 2.83 bits per heavy atom. The van der Waals surface area contributed by atoms with Gasteiger partial charge in [0.05, 0.1) is 6.10 Å². The van der Waals surface area contributed by atoms with E-state index in [1.54, 1.807) is 0 Å². The molecule has 1 fully saturated rings. The standard InChI is InChI=1S/C11H15BrN2O3S/c12-8-4-11(7-13-6-8)18(16,17)14-9-2-1-3-10(15)5-9/h4,6-7,9-10,14-15H,1-3,5H2/t9-,10+/m1/s1. The number of pyridine rings is 1. The van der Waals surface area contributed by atoms with Crippen LogP contribution in [0.25, 0.3) is 0 Å². The Bertz CT molecular complexity index is 521. The van der Waals surface area contributed by atoms with Gasteiger partial charge in [0.15, 0.2) is 0 Å². The first-order chi connectivity index (χ1) is 8.47. The molecule has 5 nitrogen and oxygen atoms in total. The van der Waals surface area contributed by atoms with Gasteiger partial charge < -0.3 is 5.11 Å². The molecule has 0 spiro atoms. The SMILES string of the molecule is O=S(=O)(N[C@@H]1CCC[C@H](O)C1)c1cncc(Br)c1. The normalized spacial score (nSPS) is 25.0. The van der Waals surface area contributed by atoms with E-state index in [1.807, 2.05) is 0 Å². The molecule has 1 heterocycles. The second kappa shape index (κ2) is 5.64. The number of sulfonamides is 1. The van der Waals surface area contributed by atoms with Crippen LogP contribution in [0.3, 0.4) is 0 Å². The van der Waals surface area contributed by atoms with E-state index in [1.165, 1.54) is 18.5 Å². The molecule has 100 valence electrons. The van der Waals surface area contributed by atoms with Crippen LogP contribution in [0.2, 0.25) is 0 Å². The Morgan fingerprint density at radius 1 is 1.39 bits per heavy atom. The third-order valence-electron chi connectivity index (χ3n) is 2.96. The summed E-state index contributed by atoms with van der Waals surface area (Å²) in [7, 11) is -3.56. The van der Waals surface area contributed by atoms with Gasteiger partial charge in [-0.3, -0.25) is 4.98 Å². The number of nitrogens with one attached hydrogen (secondary N) is 1. The summed E-state index contributed by atoms with van der Waals surface area (Å²) >= 11 is 3.19. The average molecular weight is 335 g/mol. The van der Waals surface area contributed by atoms with E-state index in [2.05, 4.69) is 25.6 Å². The lowest BCUT2D eigenvalue weighted by atomic mass is 9.94. The van der Waals surface area contributed by atoms with Crippen LogP contribution in [0.4, 0.5) is 0 Å². The van der Waals surface area contributed by atoms with E-state index in [4.69, 9.17) is 0 Å². The first-order valence-corrected chi connectivity index (χ1v) is 8.06. The molecule has 1 saturated carbocycles. The molecule has 18 heavy (non-hydrogen) atoms. The topological polar surface area (TPSA) is 79.3 Å². The monoisotopic (exact) mass is 334 g/mol. The minimum Gasteiger partial charge on any atom is -0.393 e. The quantitative estimate of drug-likeness (QED) is 0.876. The number of hydrogen-bond donors (Lipinski definition) is 2. The first-order valence-electron chi connectivity index (χ1n) is 5.78. The maximum atomic E-state index is 12.1. The summed E-state index contributed by atoms with van der Waals surface area (Å²) < 4.78 is 27.5. The second-order valence-corrected chi connectivity index (χ2v) is 7.11. The molecule has 1 aliphatic carbocycles. The van der Waals surface area contributed by atoms with E-state index in [9.17, 15) is 13.5 Å². The number of aliphatic hydroxyl groups is 1. The van der Waals surface area contributed by atoms with E-state index < -0.39 is 16.1 Å². The smallest absolute Gasteiger partial charge is 0.242 e. The molecule has 0 amide bonds.